The lowest BCUT2D eigenvalue weighted by Crippen LogP contribution is -2.50. The Labute approximate surface area is 219 Å². The molecule has 2 amide bonds. The van der Waals surface area contributed by atoms with Crippen molar-refractivity contribution < 1.29 is 45.1 Å². The summed E-state index contributed by atoms with van der Waals surface area (Å²) in [7, 11) is 0. The molecule has 200 valence electrons. The van der Waals surface area contributed by atoms with E-state index in [1.54, 1.807) is 6.07 Å². The Kier molecular flexibility index (Phi) is 9.51. The first-order valence-electron chi connectivity index (χ1n) is 9.74. The smallest absolute Gasteiger partial charge is 0.435 e. The number of amides is 2. The van der Waals surface area contributed by atoms with Crippen molar-refractivity contribution in [3.63, 3.8) is 0 Å². The molecule has 37 heavy (non-hydrogen) atoms. The van der Waals surface area contributed by atoms with Crippen molar-refractivity contribution in [3.8, 4) is 6.07 Å². The second-order valence-corrected chi connectivity index (χ2v) is 8.29. The number of ether oxygens (including phenoxy) is 1. The van der Waals surface area contributed by atoms with E-state index in [-0.39, 0.29) is 41.4 Å². The van der Waals surface area contributed by atoms with Gasteiger partial charge in [0.05, 0.1) is 33.6 Å². The van der Waals surface area contributed by atoms with E-state index in [1.807, 2.05) is 0 Å². The first-order valence-corrected chi connectivity index (χ1v) is 11.0. The van der Waals surface area contributed by atoms with E-state index in [0.29, 0.717) is 6.42 Å². The molecular weight excluding hydrogens is 582 g/mol. The molecule has 2 aromatic rings. The maximum absolute atomic E-state index is 14.3. The van der Waals surface area contributed by atoms with Gasteiger partial charge in [-0.15, -0.1) is 11.6 Å². The topological polar surface area (TPSA) is 91.2 Å². The van der Waals surface area contributed by atoms with Gasteiger partial charge in [0.25, 0.3) is 5.91 Å². The average molecular weight is 595 g/mol. The zero-order valence-electron chi connectivity index (χ0n) is 18.0. The number of hydrogen-bond acceptors (Lipinski definition) is 4. The summed E-state index contributed by atoms with van der Waals surface area (Å²) in [6, 6.07) is 5.12. The Morgan fingerprint density at radius 3 is 2.00 bits per heavy atom. The van der Waals surface area contributed by atoms with Crippen molar-refractivity contribution in [2.75, 3.05) is 23.1 Å². The molecule has 2 rings (SSSR count). The van der Waals surface area contributed by atoms with Crippen LogP contribution in [0, 0.1) is 11.3 Å². The highest BCUT2D eigenvalue weighted by atomic mass is 35.5. The van der Waals surface area contributed by atoms with E-state index in [4.69, 9.17) is 39.5 Å². The largest absolute Gasteiger partial charge is 0.449 e. The summed E-state index contributed by atoms with van der Waals surface area (Å²) in [4.78, 5) is 24.5. The van der Waals surface area contributed by atoms with Gasteiger partial charge in [0.1, 0.15) is 6.07 Å². The molecule has 0 aliphatic carbocycles. The molecule has 0 aliphatic heterocycles. The normalized spacial score (nSPS) is 12.0. The summed E-state index contributed by atoms with van der Waals surface area (Å²) in [5.74, 6) is -0.824. The van der Waals surface area contributed by atoms with E-state index >= 15 is 0 Å². The Hall–Kier alpha value is -2.95. The molecule has 0 aromatic heterocycles. The van der Waals surface area contributed by atoms with E-state index in [0.717, 1.165) is 18.2 Å². The fourth-order valence-corrected chi connectivity index (χ4v) is 3.51. The summed E-state index contributed by atoms with van der Waals surface area (Å²) < 4.78 is 97.4. The van der Waals surface area contributed by atoms with Crippen LogP contribution in [0.4, 0.5) is 46.9 Å². The van der Waals surface area contributed by atoms with Crippen LogP contribution in [0.1, 0.15) is 27.9 Å². The summed E-state index contributed by atoms with van der Waals surface area (Å²) in [6.07, 6.45) is -13.4. The SMILES string of the molecule is N#Cc1ccc(C(=O)Nc2c(Cl)cc(C(F)(C(F)(F)F)C(F)(F)F)cc2Cl)cc1NC(=O)OCCCCl. The molecule has 0 bridgehead atoms. The van der Waals surface area contributed by atoms with Crippen molar-refractivity contribution in [2.24, 2.45) is 0 Å². The number of anilines is 2. The zero-order valence-corrected chi connectivity index (χ0v) is 20.2. The van der Waals surface area contributed by atoms with Gasteiger partial charge in [0, 0.05) is 17.0 Å². The maximum atomic E-state index is 14.3. The molecule has 2 N–H and O–H groups in total. The second kappa shape index (κ2) is 11.6. The first-order chi connectivity index (χ1) is 17.1. The fourth-order valence-electron chi connectivity index (χ4n) is 2.82. The fraction of sp³-hybridized carbons (Fsp3) is 0.286. The van der Waals surface area contributed by atoms with Gasteiger partial charge in [-0.3, -0.25) is 10.1 Å². The molecule has 0 heterocycles. The number of rotatable bonds is 7. The van der Waals surface area contributed by atoms with Crippen LogP contribution in [0.5, 0.6) is 0 Å². The Morgan fingerprint density at radius 2 is 1.51 bits per heavy atom. The van der Waals surface area contributed by atoms with E-state index in [9.17, 15) is 45.6 Å². The third-order valence-electron chi connectivity index (χ3n) is 4.61. The van der Waals surface area contributed by atoms with Crippen molar-refractivity contribution in [3.05, 3.63) is 57.1 Å². The number of nitrogens with one attached hydrogen (secondary N) is 2. The van der Waals surface area contributed by atoms with Crippen LogP contribution in [0.2, 0.25) is 10.0 Å². The Bertz CT molecular complexity index is 1190. The third-order valence-corrected chi connectivity index (χ3v) is 5.47. The molecule has 16 heteroatoms. The number of nitrogens with zero attached hydrogens (tertiary/aromatic N) is 1. The minimum atomic E-state index is -6.40. The Morgan fingerprint density at radius 1 is 0.946 bits per heavy atom. The van der Waals surface area contributed by atoms with Crippen LogP contribution in [0.15, 0.2) is 30.3 Å². The van der Waals surface area contributed by atoms with Crippen molar-refractivity contribution >= 4 is 58.2 Å². The van der Waals surface area contributed by atoms with E-state index in [2.05, 4.69) is 10.6 Å². The van der Waals surface area contributed by atoms with Gasteiger partial charge in [-0.05, 0) is 36.8 Å². The average Bonchev–Trinajstić information content (AvgIpc) is 2.79. The Balaban J connectivity index is 2.38. The van der Waals surface area contributed by atoms with E-state index in [1.165, 1.54) is 0 Å². The third kappa shape index (κ3) is 6.68. The van der Waals surface area contributed by atoms with Gasteiger partial charge in [-0.1, -0.05) is 23.2 Å². The quantitative estimate of drug-likeness (QED) is 0.196. The highest BCUT2D eigenvalue weighted by Gasteiger charge is 2.73. The van der Waals surface area contributed by atoms with Crippen LogP contribution < -0.4 is 10.6 Å². The van der Waals surface area contributed by atoms with Crippen LogP contribution in [-0.2, 0) is 10.4 Å². The lowest BCUT2D eigenvalue weighted by atomic mass is 9.94. The number of halogens is 10. The molecule has 0 aliphatic rings. The maximum Gasteiger partial charge on any atom is 0.435 e. The van der Waals surface area contributed by atoms with Gasteiger partial charge in [0.15, 0.2) is 0 Å². The van der Waals surface area contributed by atoms with Crippen molar-refractivity contribution in [1.82, 2.24) is 0 Å². The summed E-state index contributed by atoms with van der Waals surface area (Å²) >= 11 is 17.0. The van der Waals surface area contributed by atoms with Gasteiger partial charge < -0.3 is 10.1 Å². The van der Waals surface area contributed by atoms with Crippen molar-refractivity contribution in [1.29, 1.82) is 5.26 Å². The number of hydrogen-bond donors (Lipinski definition) is 2. The monoisotopic (exact) mass is 593 g/mol. The zero-order chi connectivity index (χ0) is 28.2. The van der Waals surface area contributed by atoms with Gasteiger partial charge >= 0.3 is 24.1 Å². The predicted molar refractivity (Wildman–Crippen MR) is 121 cm³/mol. The molecule has 0 unspecified atom stereocenters. The van der Waals surface area contributed by atoms with Crippen LogP contribution in [0.3, 0.4) is 0 Å². The summed E-state index contributed by atoms with van der Waals surface area (Å²) in [5.41, 5.74) is -8.83. The number of benzene rings is 2. The predicted octanol–water partition coefficient (Wildman–Crippen LogP) is 7.58. The molecule has 0 fully saturated rings. The molecule has 0 saturated carbocycles. The minimum Gasteiger partial charge on any atom is -0.449 e. The minimum absolute atomic E-state index is 0.0344. The molecule has 0 spiro atoms. The standard InChI is InChI=1S/C21H13Cl3F7N3O3/c22-4-1-5-37-18(36)33-15-6-10(2-3-11(15)9-32)17(35)34-16-13(23)7-12(8-14(16)24)19(25,20(26,27)28)21(29,30)31/h2-3,6-8H,1,4-5H2,(H,33,36)(H,34,35). The van der Waals surface area contributed by atoms with Crippen LogP contribution >= 0.6 is 34.8 Å². The summed E-state index contributed by atoms with van der Waals surface area (Å²) in [6.45, 7) is -0.0345. The van der Waals surface area contributed by atoms with Gasteiger partial charge in [-0.2, -0.15) is 31.6 Å². The molecular formula is C21H13Cl3F7N3O3. The van der Waals surface area contributed by atoms with Crippen LogP contribution in [0.25, 0.3) is 0 Å². The molecule has 0 saturated heterocycles. The number of carbonyl (C=O) groups excluding carboxylic acids is 2. The summed E-state index contributed by atoms with van der Waals surface area (Å²) in [5, 5.41) is 11.7. The number of alkyl halides is 8. The first kappa shape index (κ1) is 30.3. The van der Waals surface area contributed by atoms with Gasteiger partial charge in [-0.25, -0.2) is 9.18 Å². The van der Waals surface area contributed by atoms with Crippen LogP contribution in [-0.4, -0.2) is 36.8 Å². The molecule has 6 nitrogen and oxygen atoms in total. The molecule has 2 aromatic carbocycles. The number of nitriles is 1. The van der Waals surface area contributed by atoms with E-state index < -0.39 is 51.3 Å². The molecule has 0 radical (unpaired) electrons. The molecule has 0 atom stereocenters. The van der Waals surface area contributed by atoms with Gasteiger partial charge in [0.2, 0.25) is 0 Å². The second-order valence-electron chi connectivity index (χ2n) is 7.10. The number of carbonyl (C=O) groups is 2. The highest BCUT2D eigenvalue weighted by molar-refractivity contribution is 6.40. The lowest BCUT2D eigenvalue weighted by Gasteiger charge is -2.30. The lowest BCUT2D eigenvalue weighted by molar-refractivity contribution is -0.348. The highest BCUT2D eigenvalue weighted by Crippen LogP contribution is 2.54. The van der Waals surface area contributed by atoms with Crippen molar-refractivity contribution in [2.45, 2.75) is 24.4 Å².